The number of rotatable bonds is 2. The zero-order valence-electron chi connectivity index (χ0n) is 12.5. The average Bonchev–Trinajstić information content (AvgIpc) is 2.37. The van der Waals surface area contributed by atoms with Crippen molar-refractivity contribution >= 4 is 6.08 Å². The fourth-order valence-electron chi connectivity index (χ4n) is 2.55. The molecule has 2 heteroatoms. The van der Waals surface area contributed by atoms with Crippen LogP contribution in [0.4, 0.5) is 0 Å². The molecule has 2 N–H and O–H groups in total. The molecular weight excluding hydrogens is 248 g/mol. The van der Waals surface area contributed by atoms with Gasteiger partial charge in [-0.1, -0.05) is 44.2 Å². The second kappa shape index (κ2) is 5.29. The summed E-state index contributed by atoms with van der Waals surface area (Å²) < 4.78 is 0. The SMILES string of the molecule is CC1=CC(C=Cc2ccc(O)c(C)c2)=CC(C)(C)C1O. The van der Waals surface area contributed by atoms with Gasteiger partial charge in [-0.3, -0.25) is 0 Å². The molecule has 1 aliphatic rings. The van der Waals surface area contributed by atoms with E-state index in [1.165, 1.54) is 0 Å². The highest BCUT2D eigenvalue weighted by molar-refractivity contribution is 5.58. The number of allylic oxidation sites excluding steroid dienone is 3. The minimum Gasteiger partial charge on any atom is -0.508 e. The molecule has 0 saturated heterocycles. The fourth-order valence-corrected chi connectivity index (χ4v) is 2.55. The molecule has 0 spiro atoms. The second-order valence-electron chi connectivity index (χ2n) is 6.14. The number of aryl methyl sites for hydroxylation is 1. The molecule has 1 aliphatic carbocycles. The first-order chi connectivity index (χ1) is 9.29. The maximum atomic E-state index is 10.1. The van der Waals surface area contributed by atoms with Crippen molar-refractivity contribution in [3.05, 3.63) is 58.7 Å². The van der Waals surface area contributed by atoms with E-state index in [1.54, 1.807) is 6.07 Å². The van der Waals surface area contributed by atoms with E-state index in [4.69, 9.17) is 0 Å². The van der Waals surface area contributed by atoms with Crippen molar-refractivity contribution in [2.45, 2.75) is 33.8 Å². The highest BCUT2D eigenvalue weighted by atomic mass is 16.3. The van der Waals surface area contributed by atoms with Crippen LogP contribution in [0.1, 0.15) is 31.9 Å². The van der Waals surface area contributed by atoms with Gasteiger partial charge in [-0.05, 0) is 48.3 Å². The Bertz CT molecular complexity index is 604. The van der Waals surface area contributed by atoms with Crippen LogP contribution in [-0.2, 0) is 0 Å². The number of aliphatic hydroxyl groups is 1. The van der Waals surface area contributed by atoms with E-state index < -0.39 is 6.10 Å². The topological polar surface area (TPSA) is 40.5 Å². The molecule has 0 aromatic heterocycles. The van der Waals surface area contributed by atoms with E-state index in [2.05, 4.69) is 6.08 Å². The maximum absolute atomic E-state index is 10.1. The minimum absolute atomic E-state index is 0.247. The summed E-state index contributed by atoms with van der Waals surface area (Å²) in [6, 6.07) is 5.55. The van der Waals surface area contributed by atoms with Crippen molar-refractivity contribution in [3.63, 3.8) is 0 Å². The van der Waals surface area contributed by atoms with Crippen LogP contribution < -0.4 is 0 Å². The fraction of sp³-hybridized carbons (Fsp3) is 0.333. The van der Waals surface area contributed by atoms with Gasteiger partial charge in [0, 0.05) is 5.41 Å². The minimum atomic E-state index is -0.421. The first kappa shape index (κ1) is 14.6. The van der Waals surface area contributed by atoms with Gasteiger partial charge in [0.2, 0.25) is 0 Å². The molecule has 1 atom stereocenters. The summed E-state index contributed by atoms with van der Waals surface area (Å²) >= 11 is 0. The summed E-state index contributed by atoms with van der Waals surface area (Å²) in [6.07, 6.45) is 7.75. The molecule has 1 aromatic carbocycles. The van der Waals surface area contributed by atoms with Crippen molar-refractivity contribution in [1.82, 2.24) is 0 Å². The molecule has 2 rings (SSSR count). The molecule has 0 saturated carbocycles. The number of benzene rings is 1. The number of phenols is 1. The van der Waals surface area contributed by atoms with Crippen molar-refractivity contribution in [1.29, 1.82) is 0 Å². The Morgan fingerprint density at radius 2 is 1.85 bits per heavy atom. The summed E-state index contributed by atoms with van der Waals surface area (Å²) in [4.78, 5) is 0. The Balaban J connectivity index is 2.25. The molecule has 0 radical (unpaired) electrons. The van der Waals surface area contributed by atoms with E-state index in [-0.39, 0.29) is 5.41 Å². The number of aromatic hydroxyl groups is 1. The summed E-state index contributed by atoms with van der Waals surface area (Å²) in [6.45, 7) is 7.91. The van der Waals surface area contributed by atoms with Crippen LogP contribution in [0, 0.1) is 12.3 Å². The lowest BCUT2D eigenvalue weighted by molar-refractivity contribution is 0.112. The van der Waals surface area contributed by atoms with Gasteiger partial charge in [0.05, 0.1) is 6.10 Å². The van der Waals surface area contributed by atoms with E-state index in [9.17, 15) is 10.2 Å². The Hall–Kier alpha value is -1.80. The quantitative estimate of drug-likeness (QED) is 0.853. The van der Waals surface area contributed by atoms with E-state index in [0.717, 1.165) is 22.3 Å². The Morgan fingerprint density at radius 1 is 1.15 bits per heavy atom. The van der Waals surface area contributed by atoms with Crippen molar-refractivity contribution in [2.75, 3.05) is 0 Å². The molecule has 1 aromatic rings. The van der Waals surface area contributed by atoms with Gasteiger partial charge in [-0.15, -0.1) is 0 Å². The largest absolute Gasteiger partial charge is 0.508 e. The lowest BCUT2D eigenvalue weighted by Crippen LogP contribution is -2.30. The van der Waals surface area contributed by atoms with E-state index in [0.29, 0.717) is 5.75 Å². The zero-order valence-corrected chi connectivity index (χ0v) is 12.5. The Labute approximate surface area is 120 Å². The lowest BCUT2D eigenvalue weighted by atomic mass is 9.77. The summed E-state index contributed by atoms with van der Waals surface area (Å²) in [7, 11) is 0. The maximum Gasteiger partial charge on any atom is 0.118 e. The normalized spacial score (nSPS) is 21.8. The molecule has 0 fully saturated rings. The molecule has 0 heterocycles. The lowest BCUT2D eigenvalue weighted by Gasteiger charge is -2.32. The molecule has 0 amide bonds. The van der Waals surface area contributed by atoms with Crippen LogP contribution in [0.2, 0.25) is 0 Å². The monoisotopic (exact) mass is 270 g/mol. The highest BCUT2D eigenvalue weighted by Crippen LogP contribution is 2.34. The van der Waals surface area contributed by atoms with Crippen LogP contribution in [0.3, 0.4) is 0 Å². The van der Waals surface area contributed by atoms with Gasteiger partial charge < -0.3 is 10.2 Å². The molecule has 20 heavy (non-hydrogen) atoms. The number of phenolic OH excluding ortho intramolecular Hbond substituents is 1. The van der Waals surface area contributed by atoms with Crippen molar-refractivity contribution in [2.24, 2.45) is 5.41 Å². The second-order valence-corrected chi connectivity index (χ2v) is 6.14. The molecule has 106 valence electrons. The van der Waals surface area contributed by atoms with Crippen LogP contribution in [0.5, 0.6) is 5.75 Å². The van der Waals surface area contributed by atoms with Crippen LogP contribution in [-0.4, -0.2) is 16.3 Å². The molecule has 1 unspecified atom stereocenters. The number of aliphatic hydroxyl groups excluding tert-OH is 1. The average molecular weight is 270 g/mol. The number of hydrogen-bond acceptors (Lipinski definition) is 2. The van der Waals surface area contributed by atoms with Gasteiger partial charge >= 0.3 is 0 Å². The van der Waals surface area contributed by atoms with Gasteiger partial charge in [0.25, 0.3) is 0 Å². The number of hydrogen-bond donors (Lipinski definition) is 2. The highest BCUT2D eigenvalue weighted by Gasteiger charge is 2.29. The molecule has 0 aliphatic heterocycles. The van der Waals surface area contributed by atoms with E-state index in [1.807, 2.05) is 58.1 Å². The standard InChI is InChI=1S/C18H22O2/c1-12-9-14(7-8-16(12)19)5-6-15-10-13(2)17(20)18(3,4)11-15/h5-11,17,19-20H,1-4H3. The summed E-state index contributed by atoms with van der Waals surface area (Å²) in [5.74, 6) is 0.319. The molecule has 0 bridgehead atoms. The van der Waals surface area contributed by atoms with Gasteiger partial charge in [-0.25, -0.2) is 0 Å². The van der Waals surface area contributed by atoms with Crippen molar-refractivity contribution < 1.29 is 10.2 Å². The van der Waals surface area contributed by atoms with E-state index >= 15 is 0 Å². The summed E-state index contributed by atoms with van der Waals surface area (Å²) in [5.41, 5.74) is 3.76. The van der Waals surface area contributed by atoms with Crippen molar-refractivity contribution in [3.8, 4) is 5.75 Å². The van der Waals surface area contributed by atoms with Gasteiger partial charge in [-0.2, -0.15) is 0 Å². The first-order valence-electron chi connectivity index (χ1n) is 6.86. The third-order valence-electron chi connectivity index (χ3n) is 3.76. The van der Waals surface area contributed by atoms with Gasteiger partial charge in [0.1, 0.15) is 5.75 Å². The predicted molar refractivity (Wildman–Crippen MR) is 83.5 cm³/mol. The van der Waals surface area contributed by atoms with Crippen LogP contribution in [0.25, 0.3) is 6.08 Å². The summed E-state index contributed by atoms with van der Waals surface area (Å²) in [5, 5.41) is 19.6. The predicted octanol–water partition coefficient (Wildman–Crippen LogP) is 3.99. The third-order valence-corrected chi connectivity index (χ3v) is 3.76. The van der Waals surface area contributed by atoms with Crippen LogP contribution >= 0.6 is 0 Å². The third kappa shape index (κ3) is 3.02. The Morgan fingerprint density at radius 3 is 2.45 bits per heavy atom. The first-order valence-corrected chi connectivity index (χ1v) is 6.86. The van der Waals surface area contributed by atoms with Crippen LogP contribution in [0.15, 0.2) is 47.6 Å². The smallest absolute Gasteiger partial charge is 0.118 e. The molecule has 2 nitrogen and oxygen atoms in total. The zero-order chi connectivity index (χ0) is 14.9. The molecular formula is C18H22O2. The van der Waals surface area contributed by atoms with Gasteiger partial charge in [0.15, 0.2) is 0 Å². The Kier molecular flexibility index (Phi) is 3.87.